The molecule has 0 spiro atoms. The van der Waals surface area contributed by atoms with E-state index in [1.165, 1.54) is 80.4 Å². The van der Waals surface area contributed by atoms with E-state index in [1.807, 2.05) is 0 Å². The minimum atomic E-state index is -1.60. The summed E-state index contributed by atoms with van der Waals surface area (Å²) in [5.74, 6) is -0.732. The van der Waals surface area contributed by atoms with Crippen molar-refractivity contribution in [3.8, 4) is 0 Å². The van der Waals surface area contributed by atoms with Gasteiger partial charge < -0.3 is 39.7 Å². The van der Waals surface area contributed by atoms with Gasteiger partial charge in [0.15, 0.2) is 6.29 Å². The van der Waals surface area contributed by atoms with Crippen LogP contribution in [-0.2, 0) is 14.3 Å². The van der Waals surface area contributed by atoms with Crippen LogP contribution in [0.25, 0.3) is 0 Å². The van der Waals surface area contributed by atoms with E-state index in [0.29, 0.717) is 17.9 Å². The summed E-state index contributed by atoms with van der Waals surface area (Å²) in [4.78, 5) is 29.7. The number of hydrogen-bond acceptors (Lipinski definition) is 8. The minimum absolute atomic E-state index is 0.0695. The van der Waals surface area contributed by atoms with Crippen LogP contribution in [0, 0.1) is 0 Å². The highest BCUT2D eigenvalue weighted by Crippen LogP contribution is 2.34. The van der Waals surface area contributed by atoms with Crippen molar-refractivity contribution in [2.24, 2.45) is 0 Å². The molecule has 2 saturated heterocycles. The lowest BCUT2D eigenvalue weighted by molar-refractivity contribution is -0.287. The Kier molecular flexibility index (Phi) is 13.9. The number of benzene rings is 1. The molecule has 4 N–H and O–H groups in total. The summed E-state index contributed by atoms with van der Waals surface area (Å²) in [6.07, 6.45) is 10.1. The molecule has 10 nitrogen and oxygen atoms in total. The molecule has 1 aromatic rings. The van der Waals surface area contributed by atoms with E-state index in [1.54, 1.807) is 24.3 Å². The molecule has 4 rings (SSSR count). The number of aliphatic hydroxyl groups excluding tert-OH is 4. The maximum atomic E-state index is 13.7. The fraction of sp³-hybridized carbons (Fsp3) is 0.765. The standard InChI is InChI=1S/C34H54N2O8/c1-2-3-4-5-6-7-8-9-10-11-12-13-14-17-20-43-31-29(38)28(44-34(42)30(31)39)23-36-26-19-16-15-18-25(26)32(40)35-22-24(37)21-27(35)33(36)41/h15-16,18-19,24,27-31,34,37-39,42H,2-14,17,20-23H2,1H3/t24?,27?,28-,29-,30-,31+,34+/m1/s1. The summed E-state index contributed by atoms with van der Waals surface area (Å²) in [7, 11) is 0. The first-order valence-electron chi connectivity index (χ1n) is 17.0. The van der Waals surface area contributed by atoms with E-state index in [-0.39, 0.29) is 25.4 Å². The van der Waals surface area contributed by atoms with Gasteiger partial charge in [0.05, 0.1) is 23.9 Å². The Morgan fingerprint density at radius 2 is 1.41 bits per heavy atom. The first-order valence-corrected chi connectivity index (χ1v) is 17.0. The maximum Gasteiger partial charge on any atom is 0.256 e. The Hall–Kier alpha value is -2.08. The van der Waals surface area contributed by atoms with Crippen molar-refractivity contribution >= 4 is 17.5 Å². The average molecular weight is 619 g/mol. The van der Waals surface area contributed by atoms with Gasteiger partial charge in [0.25, 0.3) is 5.91 Å². The number of aliphatic hydroxyl groups is 4. The van der Waals surface area contributed by atoms with Crippen molar-refractivity contribution in [3.63, 3.8) is 0 Å². The van der Waals surface area contributed by atoms with Gasteiger partial charge in [-0.15, -0.1) is 0 Å². The second-order valence-corrected chi connectivity index (χ2v) is 12.8. The second-order valence-electron chi connectivity index (χ2n) is 12.8. The quantitative estimate of drug-likeness (QED) is 0.182. The minimum Gasteiger partial charge on any atom is -0.391 e. The molecule has 248 valence electrons. The number of para-hydroxylation sites is 1. The SMILES string of the molecule is CCCCCCCCCCCCCCCCO[C@@H]1[C@@H](O)[C@@H](O)O[C@H](CN2C(=O)C3CC(O)CN3C(=O)c3ccccc32)[C@H]1O. The van der Waals surface area contributed by atoms with Crippen molar-refractivity contribution < 1.29 is 39.5 Å². The molecular formula is C34H54N2O8. The average Bonchev–Trinajstić information content (AvgIpc) is 3.39. The third kappa shape index (κ3) is 9.01. The van der Waals surface area contributed by atoms with Gasteiger partial charge in [-0.05, 0) is 18.6 Å². The summed E-state index contributed by atoms with van der Waals surface area (Å²) in [5, 5.41) is 42.4. The Morgan fingerprint density at radius 1 is 0.818 bits per heavy atom. The van der Waals surface area contributed by atoms with Crippen LogP contribution in [0.15, 0.2) is 24.3 Å². The Labute approximate surface area is 262 Å². The zero-order chi connectivity index (χ0) is 31.5. The van der Waals surface area contributed by atoms with Gasteiger partial charge >= 0.3 is 0 Å². The molecule has 0 radical (unpaired) electrons. The molecule has 2 amide bonds. The van der Waals surface area contributed by atoms with Crippen LogP contribution in [-0.4, -0.2) is 99.7 Å². The van der Waals surface area contributed by atoms with Gasteiger partial charge in [-0.3, -0.25) is 9.59 Å². The molecule has 7 atom stereocenters. The lowest BCUT2D eigenvalue weighted by atomic mass is 9.97. The van der Waals surface area contributed by atoms with Gasteiger partial charge in [0.2, 0.25) is 5.91 Å². The molecular weight excluding hydrogens is 564 g/mol. The van der Waals surface area contributed by atoms with Crippen molar-refractivity contribution in [2.45, 2.75) is 146 Å². The number of fused-ring (bicyclic) bond motifs is 2. The Balaban J connectivity index is 1.22. The van der Waals surface area contributed by atoms with Gasteiger partial charge in [-0.1, -0.05) is 103 Å². The molecule has 0 bridgehead atoms. The fourth-order valence-corrected chi connectivity index (χ4v) is 6.76. The number of ether oxygens (including phenoxy) is 2. The van der Waals surface area contributed by atoms with Crippen molar-refractivity contribution in [1.29, 1.82) is 0 Å². The first-order chi connectivity index (χ1) is 21.3. The predicted octanol–water partition coefficient (Wildman–Crippen LogP) is 3.91. The number of amides is 2. The molecule has 1 aromatic carbocycles. The zero-order valence-electron chi connectivity index (χ0n) is 26.4. The molecule has 3 heterocycles. The molecule has 0 saturated carbocycles. The normalized spacial score (nSPS) is 28.7. The van der Waals surface area contributed by atoms with Crippen molar-refractivity contribution in [1.82, 2.24) is 4.90 Å². The van der Waals surface area contributed by atoms with E-state index in [0.717, 1.165) is 19.3 Å². The van der Waals surface area contributed by atoms with Crippen LogP contribution in [0.4, 0.5) is 5.69 Å². The van der Waals surface area contributed by atoms with Crippen LogP contribution in [0.2, 0.25) is 0 Å². The van der Waals surface area contributed by atoms with E-state index in [2.05, 4.69) is 6.92 Å². The summed E-state index contributed by atoms with van der Waals surface area (Å²) in [5.41, 5.74) is 0.691. The van der Waals surface area contributed by atoms with E-state index in [4.69, 9.17) is 9.47 Å². The number of carbonyl (C=O) groups excluding carboxylic acids is 2. The molecule has 2 unspecified atom stereocenters. The topological polar surface area (TPSA) is 140 Å². The monoisotopic (exact) mass is 618 g/mol. The zero-order valence-corrected chi connectivity index (χ0v) is 26.4. The number of anilines is 1. The maximum absolute atomic E-state index is 13.7. The van der Waals surface area contributed by atoms with E-state index < -0.39 is 48.8 Å². The third-order valence-electron chi connectivity index (χ3n) is 9.35. The molecule has 44 heavy (non-hydrogen) atoms. The Bertz CT molecular complexity index is 1040. The van der Waals surface area contributed by atoms with Crippen LogP contribution >= 0.6 is 0 Å². The van der Waals surface area contributed by atoms with Crippen molar-refractivity contribution in [3.05, 3.63) is 29.8 Å². The molecule has 3 aliphatic rings. The second kappa shape index (κ2) is 17.6. The van der Waals surface area contributed by atoms with Gasteiger partial charge in [0.1, 0.15) is 30.5 Å². The van der Waals surface area contributed by atoms with Crippen LogP contribution in [0.3, 0.4) is 0 Å². The summed E-state index contributed by atoms with van der Waals surface area (Å²) in [6.45, 7) is 2.48. The predicted molar refractivity (Wildman–Crippen MR) is 167 cm³/mol. The third-order valence-corrected chi connectivity index (χ3v) is 9.35. The van der Waals surface area contributed by atoms with Crippen LogP contribution in [0.5, 0.6) is 0 Å². The lowest BCUT2D eigenvalue weighted by Crippen LogP contribution is -2.61. The summed E-state index contributed by atoms with van der Waals surface area (Å²) < 4.78 is 11.5. The molecule has 0 aromatic heterocycles. The van der Waals surface area contributed by atoms with Crippen LogP contribution < -0.4 is 4.90 Å². The summed E-state index contributed by atoms with van der Waals surface area (Å²) in [6, 6.07) is 5.88. The number of hydrogen-bond donors (Lipinski definition) is 4. The highest BCUT2D eigenvalue weighted by Gasteiger charge is 2.49. The number of nitrogens with zero attached hydrogens (tertiary/aromatic N) is 2. The van der Waals surface area contributed by atoms with Gasteiger partial charge in [0, 0.05) is 19.6 Å². The lowest BCUT2D eigenvalue weighted by Gasteiger charge is -2.42. The Morgan fingerprint density at radius 3 is 2.05 bits per heavy atom. The van der Waals surface area contributed by atoms with E-state index in [9.17, 15) is 30.0 Å². The van der Waals surface area contributed by atoms with Gasteiger partial charge in [-0.2, -0.15) is 0 Å². The number of carbonyl (C=O) groups is 2. The number of rotatable bonds is 18. The van der Waals surface area contributed by atoms with E-state index >= 15 is 0 Å². The van der Waals surface area contributed by atoms with Crippen LogP contribution in [0.1, 0.15) is 114 Å². The highest BCUT2D eigenvalue weighted by molar-refractivity contribution is 6.11. The largest absolute Gasteiger partial charge is 0.391 e. The summed E-state index contributed by atoms with van der Waals surface area (Å²) >= 11 is 0. The first kappa shape index (κ1) is 34.8. The van der Waals surface area contributed by atoms with Gasteiger partial charge in [-0.25, -0.2) is 0 Å². The number of unbranched alkanes of at least 4 members (excludes halogenated alkanes) is 13. The highest BCUT2D eigenvalue weighted by atomic mass is 16.6. The fourth-order valence-electron chi connectivity index (χ4n) is 6.76. The molecule has 0 aliphatic carbocycles. The molecule has 10 heteroatoms. The molecule has 3 aliphatic heterocycles. The van der Waals surface area contributed by atoms with Crippen molar-refractivity contribution in [2.75, 3.05) is 24.6 Å². The smallest absolute Gasteiger partial charge is 0.256 e. The molecule has 2 fully saturated rings.